The zero-order chi connectivity index (χ0) is 24.2. The van der Waals surface area contributed by atoms with E-state index < -0.39 is 21.7 Å². The van der Waals surface area contributed by atoms with E-state index in [-0.39, 0.29) is 36.6 Å². The smallest absolute Gasteiger partial charge is 0.326 e. The van der Waals surface area contributed by atoms with E-state index in [0.717, 1.165) is 26.9 Å². The number of carbonyl (C=O) groups excluding carboxylic acids is 2. The highest BCUT2D eigenvalue weighted by Crippen LogP contribution is 2.23. The van der Waals surface area contributed by atoms with Crippen LogP contribution in [-0.4, -0.2) is 37.2 Å². The summed E-state index contributed by atoms with van der Waals surface area (Å²) in [6.45, 7) is 7.78. The molecule has 0 unspecified atom stereocenters. The summed E-state index contributed by atoms with van der Waals surface area (Å²) in [6, 6.07) is 10.7. The zero-order valence-electron chi connectivity index (χ0n) is 19.3. The van der Waals surface area contributed by atoms with Crippen molar-refractivity contribution in [2.45, 2.75) is 52.0 Å². The number of esters is 1. The van der Waals surface area contributed by atoms with Crippen molar-refractivity contribution in [1.82, 2.24) is 4.57 Å². The Labute approximate surface area is 197 Å². The van der Waals surface area contributed by atoms with Crippen LogP contribution in [0, 0.1) is 20.8 Å². The molecule has 9 heteroatoms. The molecule has 0 aliphatic carbocycles. The van der Waals surface area contributed by atoms with E-state index in [0.29, 0.717) is 4.80 Å². The second-order valence-corrected chi connectivity index (χ2v) is 11.0. The summed E-state index contributed by atoms with van der Waals surface area (Å²) < 4.78 is 32.7. The fourth-order valence-corrected chi connectivity index (χ4v) is 5.93. The van der Waals surface area contributed by atoms with Crippen molar-refractivity contribution in [1.29, 1.82) is 0 Å². The Morgan fingerprint density at radius 1 is 1.06 bits per heavy atom. The van der Waals surface area contributed by atoms with Gasteiger partial charge in [-0.05, 0) is 63.4 Å². The lowest BCUT2D eigenvalue weighted by atomic mass is 10.1. The number of carbonyl (C=O) groups is 2. The SMILES string of the molecule is CCOC(=O)Cn1c(=NC(=O)CCCS(=O)(=O)c2ccc(C)cc2)sc2c(C)cc(C)cc21. The largest absolute Gasteiger partial charge is 0.465 e. The summed E-state index contributed by atoms with van der Waals surface area (Å²) >= 11 is 1.33. The molecule has 1 aromatic heterocycles. The van der Waals surface area contributed by atoms with Gasteiger partial charge in [0.25, 0.3) is 0 Å². The Morgan fingerprint density at radius 2 is 1.76 bits per heavy atom. The predicted octanol–water partition coefficient (Wildman–Crippen LogP) is 3.87. The Hall–Kier alpha value is -2.78. The first-order valence-corrected chi connectivity index (χ1v) is 13.2. The summed E-state index contributed by atoms with van der Waals surface area (Å²) in [4.78, 5) is 29.6. The number of ether oxygens (including phenoxy) is 1. The highest BCUT2D eigenvalue weighted by atomic mass is 32.2. The van der Waals surface area contributed by atoms with Crippen molar-refractivity contribution >= 4 is 43.3 Å². The van der Waals surface area contributed by atoms with Crippen molar-refractivity contribution in [2.24, 2.45) is 4.99 Å². The van der Waals surface area contributed by atoms with Crippen LogP contribution in [0.25, 0.3) is 10.2 Å². The molecule has 7 nitrogen and oxygen atoms in total. The van der Waals surface area contributed by atoms with Gasteiger partial charge in [0.1, 0.15) is 6.54 Å². The van der Waals surface area contributed by atoms with E-state index >= 15 is 0 Å². The number of thiazole rings is 1. The lowest BCUT2D eigenvalue weighted by Crippen LogP contribution is -2.23. The lowest BCUT2D eigenvalue weighted by molar-refractivity contribution is -0.143. The van der Waals surface area contributed by atoms with Crippen molar-refractivity contribution in [3.8, 4) is 0 Å². The summed E-state index contributed by atoms with van der Waals surface area (Å²) in [5.74, 6) is -0.965. The maximum Gasteiger partial charge on any atom is 0.326 e. The molecule has 1 amide bonds. The van der Waals surface area contributed by atoms with Crippen LogP contribution in [0.3, 0.4) is 0 Å². The summed E-state index contributed by atoms with van der Waals surface area (Å²) in [5.41, 5.74) is 3.87. The molecule has 0 radical (unpaired) electrons. The maximum atomic E-state index is 12.6. The van der Waals surface area contributed by atoms with Crippen LogP contribution in [-0.2, 0) is 30.7 Å². The maximum absolute atomic E-state index is 12.6. The molecule has 0 spiro atoms. The van der Waals surface area contributed by atoms with Gasteiger partial charge in [0.15, 0.2) is 14.6 Å². The van der Waals surface area contributed by atoms with Crippen LogP contribution in [0.4, 0.5) is 0 Å². The number of benzene rings is 2. The first kappa shape index (κ1) is 24.9. The number of aryl methyl sites for hydroxylation is 3. The van der Waals surface area contributed by atoms with E-state index in [1.165, 1.54) is 11.3 Å². The van der Waals surface area contributed by atoms with Gasteiger partial charge in [-0.1, -0.05) is 35.1 Å². The van der Waals surface area contributed by atoms with Crippen LogP contribution in [0.2, 0.25) is 0 Å². The van der Waals surface area contributed by atoms with Crippen molar-refractivity contribution in [3.63, 3.8) is 0 Å². The van der Waals surface area contributed by atoms with Gasteiger partial charge in [-0.15, -0.1) is 0 Å². The Morgan fingerprint density at radius 3 is 2.42 bits per heavy atom. The molecule has 0 fully saturated rings. The van der Waals surface area contributed by atoms with Crippen LogP contribution < -0.4 is 4.80 Å². The summed E-state index contributed by atoms with van der Waals surface area (Å²) in [5, 5.41) is 0. The Bertz CT molecular complexity index is 1350. The number of rotatable bonds is 8. The minimum Gasteiger partial charge on any atom is -0.465 e. The number of aromatic nitrogens is 1. The first-order chi connectivity index (χ1) is 15.6. The second kappa shape index (κ2) is 10.4. The van der Waals surface area contributed by atoms with Gasteiger partial charge in [-0.25, -0.2) is 8.42 Å². The molecule has 3 rings (SSSR count). The van der Waals surface area contributed by atoms with E-state index in [2.05, 4.69) is 4.99 Å². The van der Waals surface area contributed by atoms with Crippen molar-refractivity contribution in [3.05, 3.63) is 57.9 Å². The average Bonchev–Trinajstić information content (AvgIpc) is 3.05. The van der Waals surface area contributed by atoms with Gasteiger partial charge in [-0.3, -0.25) is 9.59 Å². The third kappa shape index (κ3) is 6.17. The lowest BCUT2D eigenvalue weighted by Gasteiger charge is -2.06. The number of amides is 1. The monoisotopic (exact) mass is 488 g/mol. The van der Waals surface area contributed by atoms with Crippen LogP contribution >= 0.6 is 11.3 Å². The van der Waals surface area contributed by atoms with Crippen molar-refractivity contribution in [2.75, 3.05) is 12.4 Å². The third-order valence-electron chi connectivity index (χ3n) is 5.11. The van der Waals surface area contributed by atoms with Gasteiger partial charge in [0.05, 0.1) is 27.5 Å². The Balaban J connectivity index is 1.82. The first-order valence-electron chi connectivity index (χ1n) is 10.7. The number of hydrogen-bond donors (Lipinski definition) is 0. The molecule has 176 valence electrons. The molecule has 0 N–H and O–H groups in total. The fraction of sp³-hybridized carbons (Fsp3) is 0.375. The minimum absolute atomic E-state index is 0.00322. The number of hydrogen-bond acceptors (Lipinski definition) is 6. The average molecular weight is 489 g/mol. The molecule has 2 aromatic carbocycles. The van der Waals surface area contributed by atoms with E-state index in [4.69, 9.17) is 4.74 Å². The van der Waals surface area contributed by atoms with Gasteiger partial charge in [0, 0.05) is 6.42 Å². The molecule has 0 aliphatic heterocycles. The predicted molar refractivity (Wildman–Crippen MR) is 129 cm³/mol. The van der Waals surface area contributed by atoms with E-state index in [1.807, 2.05) is 32.9 Å². The Kier molecular flexibility index (Phi) is 7.86. The van der Waals surface area contributed by atoms with E-state index in [9.17, 15) is 18.0 Å². The van der Waals surface area contributed by atoms with Gasteiger partial charge in [-0.2, -0.15) is 4.99 Å². The molecular formula is C24H28N2O5S2. The van der Waals surface area contributed by atoms with Crippen LogP contribution in [0.1, 0.15) is 36.5 Å². The van der Waals surface area contributed by atoms with E-state index in [1.54, 1.807) is 35.8 Å². The number of nitrogens with zero attached hydrogens (tertiary/aromatic N) is 2. The number of sulfone groups is 1. The van der Waals surface area contributed by atoms with Crippen LogP contribution in [0.5, 0.6) is 0 Å². The van der Waals surface area contributed by atoms with Gasteiger partial charge >= 0.3 is 5.97 Å². The van der Waals surface area contributed by atoms with Gasteiger partial charge < -0.3 is 9.30 Å². The van der Waals surface area contributed by atoms with Crippen LogP contribution in [0.15, 0.2) is 46.3 Å². The topological polar surface area (TPSA) is 94.8 Å². The molecule has 0 bridgehead atoms. The standard InChI is InChI=1S/C24H28N2O5S2/c1-5-31-22(28)15-26-20-14-17(3)13-18(4)23(20)32-24(26)25-21(27)7-6-12-33(29,30)19-10-8-16(2)9-11-19/h8-11,13-14H,5-7,12,15H2,1-4H3. The quantitative estimate of drug-likeness (QED) is 0.449. The van der Waals surface area contributed by atoms with Gasteiger partial charge in [0.2, 0.25) is 5.91 Å². The molecule has 3 aromatic rings. The third-order valence-corrected chi connectivity index (χ3v) is 8.16. The molecule has 0 aliphatic rings. The summed E-state index contributed by atoms with van der Waals surface area (Å²) in [7, 11) is -3.46. The molecule has 1 heterocycles. The molecular weight excluding hydrogens is 460 g/mol. The minimum atomic E-state index is -3.46. The molecule has 0 saturated carbocycles. The fourth-order valence-electron chi connectivity index (χ4n) is 3.53. The molecule has 0 atom stereocenters. The zero-order valence-corrected chi connectivity index (χ0v) is 20.9. The second-order valence-electron chi connectivity index (χ2n) is 7.95. The summed E-state index contributed by atoms with van der Waals surface area (Å²) in [6.07, 6.45) is 0.163. The highest BCUT2D eigenvalue weighted by Gasteiger charge is 2.16. The molecule has 33 heavy (non-hydrogen) atoms. The normalized spacial score (nSPS) is 12.3. The molecule has 0 saturated heterocycles. The highest BCUT2D eigenvalue weighted by molar-refractivity contribution is 7.91. The van der Waals surface area contributed by atoms with Crippen molar-refractivity contribution < 1.29 is 22.7 Å². The number of fused-ring (bicyclic) bond motifs is 1.